The zero-order valence-corrected chi connectivity index (χ0v) is 16.1. The summed E-state index contributed by atoms with van der Waals surface area (Å²) in [6.45, 7) is 0. The van der Waals surface area contributed by atoms with Crippen LogP contribution in [0, 0.1) is 0 Å². The van der Waals surface area contributed by atoms with Gasteiger partial charge in [-0.2, -0.15) is 9.78 Å². The van der Waals surface area contributed by atoms with Crippen LogP contribution in [-0.4, -0.2) is 25.9 Å². The molecule has 2 aliphatic rings. The molecular formula is C23H22N4O2. The van der Waals surface area contributed by atoms with Crippen molar-refractivity contribution in [1.29, 1.82) is 0 Å². The summed E-state index contributed by atoms with van der Waals surface area (Å²) >= 11 is 0. The zero-order valence-electron chi connectivity index (χ0n) is 16.1. The summed E-state index contributed by atoms with van der Waals surface area (Å²) in [6.07, 6.45) is 13.6. The third kappa shape index (κ3) is 3.58. The van der Waals surface area contributed by atoms with E-state index in [9.17, 15) is 4.79 Å². The molecule has 2 aliphatic carbocycles. The lowest BCUT2D eigenvalue weighted by Gasteiger charge is -2.18. The average molecular weight is 386 g/mol. The fourth-order valence-electron chi connectivity index (χ4n) is 4.14. The Labute approximate surface area is 168 Å². The highest BCUT2D eigenvalue weighted by molar-refractivity contribution is 5.84. The van der Waals surface area contributed by atoms with Gasteiger partial charge in [0.1, 0.15) is 5.75 Å². The first-order valence-corrected chi connectivity index (χ1v) is 10.1. The van der Waals surface area contributed by atoms with Crippen molar-refractivity contribution < 1.29 is 4.74 Å². The van der Waals surface area contributed by atoms with Gasteiger partial charge in [0.2, 0.25) is 0 Å². The molecule has 0 aliphatic heterocycles. The molecule has 29 heavy (non-hydrogen) atoms. The summed E-state index contributed by atoms with van der Waals surface area (Å²) in [5.41, 5.74) is 3.81. The predicted molar refractivity (Wildman–Crippen MR) is 111 cm³/mol. The van der Waals surface area contributed by atoms with Gasteiger partial charge >= 0.3 is 0 Å². The van der Waals surface area contributed by atoms with Crippen LogP contribution < -0.4 is 10.3 Å². The van der Waals surface area contributed by atoms with Crippen LogP contribution in [0.3, 0.4) is 0 Å². The maximum absolute atomic E-state index is 12.9. The molecule has 0 amide bonds. The Balaban J connectivity index is 1.45. The van der Waals surface area contributed by atoms with E-state index in [1.165, 1.54) is 23.1 Å². The lowest BCUT2D eigenvalue weighted by Crippen LogP contribution is -2.28. The van der Waals surface area contributed by atoms with Gasteiger partial charge in [-0.25, -0.2) is 9.97 Å². The number of ether oxygens (including phenoxy) is 1. The van der Waals surface area contributed by atoms with Gasteiger partial charge < -0.3 is 4.74 Å². The molecule has 6 heteroatoms. The van der Waals surface area contributed by atoms with Gasteiger partial charge in [0.15, 0.2) is 0 Å². The standard InChI is InChI=1S/C23H22N4O2/c28-22-21-10-9-17(13-18(21)15-26-27(22)23-24-11-4-12-25-23)16-5-3-8-20(14-16)29-19-6-1-2-7-19/h3-5,8,11-15,19H,1-2,6-7,9-10H2. The summed E-state index contributed by atoms with van der Waals surface area (Å²) in [7, 11) is 0. The summed E-state index contributed by atoms with van der Waals surface area (Å²) in [6, 6.07) is 10.00. The van der Waals surface area contributed by atoms with Gasteiger partial charge in [-0.05, 0) is 73.9 Å². The van der Waals surface area contributed by atoms with Crippen molar-refractivity contribution in [1.82, 2.24) is 19.7 Å². The topological polar surface area (TPSA) is 69.9 Å². The molecule has 0 atom stereocenters. The smallest absolute Gasteiger partial charge is 0.278 e. The second-order valence-electron chi connectivity index (χ2n) is 7.57. The quantitative estimate of drug-likeness (QED) is 0.682. The van der Waals surface area contributed by atoms with Crippen molar-refractivity contribution in [3.63, 3.8) is 0 Å². The largest absolute Gasteiger partial charge is 0.490 e. The van der Waals surface area contributed by atoms with Crippen LogP contribution in [0.4, 0.5) is 0 Å². The Bertz CT molecular complexity index is 1120. The molecule has 0 bridgehead atoms. The second-order valence-corrected chi connectivity index (χ2v) is 7.57. The normalized spacial score (nSPS) is 16.3. The Morgan fingerprint density at radius 2 is 1.86 bits per heavy atom. The van der Waals surface area contributed by atoms with Crippen LogP contribution in [0.2, 0.25) is 0 Å². The minimum atomic E-state index is -0.151. The van der Waals surface area contributed by atoms with E-state index in [4.69, 9.17) is 4.74 Å². The number of rotatable bonds is 4. The molecule has 3 aromatic rings. The van der Waals surface area contributed by atoms with E-state index in [-0.39, 0.29) is 5.56 Å². The Morgan fingerprint density at radius 1 is 1.03 bits per heavy atom. The zero-order chi connectivity index (χ0) is 19.6. The summed E-state index contributed by atoms with van der Waals surface area (Å²) in [5.74, 6) is 1.22. The monoisotopic (exact) mass is 386 g/mol. The molecular weight excluding hydrogens is 364 g/mol. The van der Waals surface area contributed by atoms with Gasteiger partial charge in [0.25, 0.3) is 11.5 Å². The summed E-state index contributed by atoms with van der Waals surface area (Å²) in [5, 5.41) is 4.29. The molecule has 0 saturated heterocycles. The first kappa shape index (κ1) is 17.8. The maximum atomic E-state index is 12.9. The molecule has 0 N–H and O–H groups in total. The highest BCUT2D eigenvalue weighted by Gasteiger charge is 2.20. The molecule has 5 rings (SSSR count). The van der Waals surface area contributed by atoms with Crippen molar-refractivity contribution >= 4 is 11.6 Å². The lowest BCUT2D eigenvalue weighted by atomic mass is 9.90. The average Bonchev–Trinajstić information content (AvgIpc) is 3.28. The second kappa shape index (κ2) is 7.62. The Morgan fingerprint density at radius 3 is 2.69 bits per heavy atom. The van der Waals surface area contributed by atoms with Crippen molar-refractivity contribution in [3.05, 3.63) is 76.0 Å². The third-order valence-corrected chi connectivity index (χ3v) is 5.64. The van der Waals surface area contributed by atoms with Crippen LogP contribution in [0.25, 0.3) is 17.6 Å². The van der Waals surface area contributed by atoms with Crippen LogP contribution in [0.5, 0.6) is 5.75 Å². The number of hydrogen-bond acceptors (Lipinski definition) is 5. The summed E-state index contributed by atoms with van der Waals surface area (Å²) < 4.78 is 7.42. The molecule has 1 aromatic carbocycles. The van der Waals surface area contributed by atoms with Gasteiger partial charge in [-0.1, -0.05) is 12.1 Å². The third-order valence-electron chi connectivity index (χ3n) is 5.64. The van der Waals surface area contributed by atoms with E-state index in [2.05, 4.69) is 33.3 Å². The number of aromatic nitrogens is 4. The van der Waals surface area contributed by atoms with Crippen molar-refractivity contribution in [2.75, 3.05) is 0 Å². The summed E-state index contributed by atoms with van der Waals surface area (Å²) in [4.78, 5) is 21.1. The molecule has 0 spiro atoms. The van der Waals surface area contributed by atoms with E-state index < -0.39 is 0 Å². The lowest BCUT2D eigenvalue weighted by molar-refractivity contribution is 0.210. The molecule has 1 fully saturated rings. The van der Waals surface area contributed by atoms with Gasteiger partial charge in [-0.3, -0.25) is 4.79 Å². The highest BCUT2D eigenvalue weighted by Crippen LogP contribution is 2.31. The predicted octanol–water partition coefficient (Wildman–Crippen LogP) is 3.83. The minimum Gasteiger partial charge on any atom is -0.490 e. The number of nitrogens with zero attached hydrogens (tertiary/aromatic N) is 4. The number of allylic oxidation sites excluding steroid dienone is 1. The van der Waals surface area contributed by atoms with E-state index in [0.29, 0.717) is 18.5 Å². The molecule has 0 radical (unpaired) electrons. The van der Waals surface area contributed by atoms with Crippen molar-refractivity contribution in [3.8, 4) is 11.7 Å². The van der Waals surface area contributed by atoms with Crippen molar-refractivity contribution in [2.45, 2.75) is 44.6 Å². The van der Waals surface area contributed by atoms with Crippen LogP contribution in [-0.2, 0) is 6.42 Å². The van der Waals surface area contributed by atoms with E-state index in [1.807, 2.05) is 12.1 Å². The van der Waals surface area contributed by atoms with Crippen LogP contribution in [0.1, 0.15) is 48.8 Å². The SMILES string of the molecule is O=c1c2c(cnn1-c1ncccn1)C=C(c1cccc(OC3CCCC3)c1)CC2. The number of benzene rings is 1. The van der Waals surface area contributed by atoms with Gasteiger partial charge in [-0.15, -0.1) is 0 Å². The minimum absolute atomic E-state index is 0.151. The van der Waals surface area contributed by atoms with Crippen molar-refractivity contribution in [2.24, 2.45) is 0 Å². The first-order valence-electron chi connectivity index (χ1n) is 10.1. The number of fused-ring (bicyclic) bond motifs is 1. The maximum Gasteiger partial charge on any atom is 0.278 e. The van der Waals surface area contributed by atoms with E-state index in [1.54, 1.807) is 24.7 Å². The molecule has 2 heterocycles. The fraction of sp³-hybridized carbons (Fsp3) is 0.304. The van der Waals surface area contributed by atoms with Crippen LogP contribution in [0.15, 0.2) is 53.7 Å². The van der Waals surface area contributed by atoms with Gasteiger partial charge in [0, 0.05) is 23.5 Å². The molecule has 0 unspecified atom stereocenters. The van der Waals surface area contributed by atoms with Crippen LogP contribution >= 0.6 is 0 Å². The highest BCUT2D eigenvalue weighted by atomic mass is 16.5. The Hall–Kier alpha value is -3.28. The molecule has 6 nitrogen and oxygen atoms in total. The number of hydrogen-bond donors (Lipinski definition) is 0. The molecule has 1 saturated carbocycles. The molecule has 146 valence electrons. The van der Waals surface area contributed by atoms with E-state index in [0.717, 1.165) is 41.7 Å². The fourth-order valence-corrected chi connectivity index (χ4v) is 4.14. The van der Waals surface area contributed by atoms with E-state index >= 15 is 0 Å². The molecule has 2 aromatic heterocycles. The first-order chi connectivity index (χ1) is 14.3. The Kier molecular flexibility index (Phi) is 4.68. The van der Waals surface area contributed by atoms with Gasteiger partial charge in [0.05, 0.1) is 12.3 Å².